The second kappa shape index (κ2) is 6.34. The number of amides is 1. The predicted octanol–water partition coefficient (Wildman–Crippen LogP) is 0.223. The molecule has 1 unspecified atom stereocenters. The minimum absolute atomic E-state index is 0.194. The third kappa shape index (κ3) is 3.81. The number of hydrogen-bond donors (Lipinski definition) is 2. The maximum absolute atomic E-state index is 11.6. The Balaban J connectivity index is 1.69. The Kier molecular flexibility index (Phi) is 4.49. The van der Waals surface area contributed by atoms with E-state index in [1.54, 1.807) is 0 Å². The van der Waals surface area contributed by atoms with Crippen LogP contribution in [0.5, 0.6) is 0 Å². The first kappa shape index (κ1) is 12.0. The molecule has 1 atom stereocenters. The fourth-order valence-corrected chi connectivity index (χ4v) is 1.57. The average molecular weight is 236 g/mol. The second-order valence-corrected chi connectivity index (χ2v) is 3.82. The van der Waals surface area contributed by atoms with Crippen molar-refractivity contribution in [2.45, 2.75) is 12.6 Å². The Morgan fingerprint density at radius 3 is 3.00 bits per heavy atom. The van der Waals surface area contributed by atoms with Crippen LogP contribution in [0, 0.1) is 0 Å². The highest BCUT2D eigenvalue weighted by Gasteiger charge is 2.20. The van der Waals surface area contributed by atoms with Gasteiger partial charge in [0.15, 0.2) is 0 Å². The molecule has 1 fully saturated rings. The number of hydrogen-bond acceptors (Lipinski definition) is 4. The highest BCUT2D eigenvalue weighted by Crippen LogP contribution is 1.99. The van der Waals surface area contributed by atoms with Crippen LogP contribution in [-0.2, 0) is 21.0 Å². The van der Waals surface area contributed by atoms with E-state index in [4.69, 9.17) is 9.57 Å². The standard InChI is InChI=1S/C12H16N2O3/c15-12(11-9-16-7-6-13-11)14-17-8-10-4-2-1-3-5-10/h1-5,11,13H,6-9H2,(H,14,15). The molecule has 1 aliphatic heterocycles. The van der Waals surface area contributed by atoms with Crippen LogP contribution in [0.4, 0.5) is 0 Å². The van der Waals surface area contributed by atoms with Gasteiger partial charge in [0.2, 0.25) is 0 Å². The number of hydroxylamine groups is 1. The van der Waals surface area contributed by atoms with Crippen molar-refractivity contribution in [3.05, 3.63) is 35.9 Å². The van der Waals surface area contributed by atoms with E-state index in [9.17, 15) is 4.79 Å². The molecule has 5 nitrogen and oxygen atoms in total. The Labute approximate surface area is 100 Å². The second-order valence-electron chi connectivity index (χ2n) is 3.82. The summed E-state index contributed by atoms with van der Waals surface area (Å²) in [6.45, 7) is 2.09. The Bertz CT molecular complexity index is 350. The SMILES string of the molecule is O=C(NOCc1ccccc1)C1COCCN1. The van der Waals surface area contributed by atoms with E-state index < -0.39 is 0 Å². The van der Waals surface area contributed by atoms with Crippen LogP contribution in [0.3, 0.4) is 0 Å². The van der Waals surface area contributed by atoms with Crippen LogP contribution < -0.4 is 10.8 Å². The smallest absolute Gasteiger partial charge is 0.263 e. The lowest BCUT2D eigenvalue weighted by molar-refractivity contribution is -0.139. The van der Waals surface area contributed by atoms with E-state index in [-0.39, 0.29) is 11.9 Å². The predicted molar refractivity (Wildman–Crippen MR) is 62.0 cm³/mol. The van der Waals surface area contributed by atoms with Crippen LogP contribution in [0.1, 0.15) is 5.56 Å². The van der Waals surface area contributed by atoms with Gasteiger partial charge in [0.1, 0.15) is 6.04 Å². The van der Waals surface area contributed by atoms with Crippen LogP contribution in [0.15, 0.2) is 30.3 Å². The molecule has 17 heavy (non-hydrogen) atoms. The fraction of sp³-hybridized carbons (Fsp3) is 0.417. The lowest BCUT2D eigenvalue weighted by atomic mass is 10.2. The zero-order valence-corrected chi connectivity index (χ0v) is 9.52. The van der Waals surface area contributed by atoms with Crippen LogP contribution >= 0.6 is 0 Å². The molecule has 2 rings (SSSR count). The molecule has 0 saturated carbocycles. The number of rotatable bonds is 4. The molecule has 0 radical (unpaired) electrons. The molecule has 0 aromatic heterocycles. The van der Waals surface area contributed by atoms with E-state index in [2.05, 4.69) is 10.8 Å². The quantitative estimate of drug-likeness (QED) is 0.734. The van der Waals surface area contributed by atoms with Crippen molar-refractivity contribution in [2.24, 2.45) is 0 Å². The zero-order chi connectivity index (χ0) is 11.9. The van der Waals surface area contributed by atoms with Crippen molar-refractivity contribution in [3.8, 4) is 0 Å². The maximum Gasteiger partial charge on any atom is 0.263 e. The van der Waals surface area contributed by atoms with E-state index in [1.165, 1.54) is 0 Å². The first-order valence-electron chi connectivity index (χ1n) is 5.63. The van der Waals surface area contributed by atoms with Crippen molar-refractivity contribution in [1.29, 1.82) is 0 Å². The van der Waals surface area contributed by atoms with E-state index in [0.29, 0.717) is 26.4 Å². The van der Waals surface area contributed by atoms with E-state index >= 15 is 0 Å². The van der Waals surface area contributed by atoms with Crippen LogP contribution in [-0.4, -0.2) is 31.7 Å². The number of benzene rings is 1. The molecule has 1 aromatic carbocycles. The lowest BCUT2D eigenvalue weighted by Crippen LogP contribution is -2.51. The van der Waals surface area contributed by atoms with Gasteiger partial charge in [-0.2, -0.15) is 0 Å². The van der Waals surface area contributed by atoms with E-state index in [1.807, 2.05) is 30.3 Å². The van der Waals surface area contributed by atoms with Gasteiger partial charge in [-0.1, -0.05) is 30.3 Å². The zero-order valence-electron chi connectivity index (χ0n) is 9.52. The summed E-state index contributed by atoms with van der Waals surface area (Å²) in [5.74, 6) is -0.194. The molecule has 0 spiro atoms. The van der Waals surface area contributed by atoms with Crippen molar-refractivity contribution in [3.63, 3.8) is 0 Å². The molecular weight excluding hydrogens is 220 g/mol. The van der Waals surface area contributed by atoms with Gasteiger partial charge >= 0.3 is 0 Å². The van der Waals surface area contributed by atoms with Gasteiger partial charge in [-0.3, -0.25) is 9.63 Å². The number of carbonyl (C=O) groups excluding carboxylic acids is 1. The largest absolute Gasteiger partial charge is 0.378 e. The molecule has 1 aliphatic rings. The maximum atomic E-state index is 11.6. The van der Waals surface area contributed by atoms with Crippen molar-refractivity contribution in [2.75, 3.05) is 19.8 Å². The van der Waals surface area contributed by atoms with E-state index in [0.717, 1.165) is 5.56 Å². The molecule has 2 N–H and O–H groups in total. The molecule has 1 saturated heterocycles. The van der Waals surface area contributed by atoms with Crippen LogP contribution in [0.2, 0.25) is 0 Å². The first-order chi connectivity index (χ1) is 8.36. The number of morpholine rings is 1. The minimum Gasteiger partial charge on any atom is -0.378 e. The molecular formula is C12H16N2O3. The number of carbonyl (C=O) groups is 1. The summed E-state index contributed by atoms with van der Waals surface area (Å²) in [6.07, 6.45) is 0. The van der Waals surface area contributed by atoms with Crippen molar-refractivity contribution >= 4 is 5.91 Å². The Morgan fingerprint density at radius 2 is 2.29 bits per heavy atom. The summed E-state index contributed by atoms with van der Waals surface area (Å²) < 4.78 is 5.19. The normalized spacial score (nSPS) is 19.9. The van der Waals surface area contributed by atoms with Crippen molar-refractivity contribution in [1.82, 2.24) is 10.8 Å². The third-order valence-corrected chi connectivity index (χ3v) is 2.49. The number of ether oxygens (including phenoxy) is 1. The molecule has 1 aromatic rings. The topological polar surface area (TPSA) is 59.6 Å². The van der Waals surface area contributed by atoms with Gasteiger partial charge in [-0.05, 0) is 5.56 Å². The van der Waals surface area contributed by atoms with Gasteiger partial charge in [-0.25, -0.2) is 5.48 Å². The molecule has 0 aliphatic carbocycles. The van der Waals surface area contributed by atoms with Gasteiger partial charge in [0.25, 0.3) is 5.91 Å². The highest BCUT2D eigenvalue weighted by molar-refractivity contribution is 5.80. The first-order valence-corrected chi connectivity index (χ1v) is 5.63. The molecule has 92 valence electrons. The fourth-order valence-electron chi connectivity index (χ4n) is 1.57. The summed E-state index contributed by atoms with van der Waals surface area (Å²) in [7, 11) is 0. The minimum atomic E-state index is -0.320. The summed E-state index contributed by atoms with van der Waals surface area (Å²) in [5, 5.41) is 3.05. The monoisotopic (exact) mass is 236 g/mol. The lowest BCUT2D eigenvalue weighted by Gasteiger charge is -2.22. The Morgan fingerprint density at radius 1 is 1.47 bits per heavy atom. The van der Waals surface area contributed by atoms with Crippen LogP contribution in [0.25, 0.3) is 0 Å². The molecule has 1 amide bonds. The Hall–Kier alpha value is -1.43. The molecule has 1 heterocycles. The van der Waals surface area contributed by atoms with Crippen molar-refractivity contribution < 1.29 is 14.4 Å². The molecule has 0 bridgehead atoms. The van der Waals surface area contributed by atoms with Gasteiger partial charge in [0, 0.05) is 6.54 Å². The molecule has 5 heteroatoms. The summed E-state index contributed by atoms with van der Waals surface area (Å²) in [4.78, 5) is 16.7. The summed E-state index contributed by atoms with van der Waals surface area (Å²) >= 11 is 0. The van der Waals surface area contributed by atoms with Gasteiger partial charge < -0.3 is 10.1 Å². The summed E-state index contributed by atoms with van der Waals surface area (Å²) in [5.41, 5.74) is 3.43. The number of nitrogens with one attached hydrogen (secondary N) is 2. The van der Waals surface area contributed by atoms with Gasteiger partial charge in [-0.15, -0.1) is 0 Å². The summed E-state index contributed by atoms with van der Waals surface area (Å²) in [6, 6.07) is 9.35. The highest BCUT2D eigenvalue weighted by atomic mass is 16.7. The third-order valence-electron chi connectivity index (χ3n) is 2.49. The van der Waals surface area contributed by atoms with Gasteiger partial charge in [0.05, 0.1) is 19.8 Å². The average Bonchev–Trinajstić information content (AvgIpc) is 2.41.